The molecule has 0 fully saturated rings. The minimum Gasteiger partial charge on any atom is -0.490 e. The molecule has 0 atom stereocenters. The summed E-state index contributed by atoms with van der Waals surface area (Å²) in [6.45, 7) is 3.61. The molecule has 0 heterocycles. The van der Waals surface area contributed by atoms with Gasteiger partial charge in [0.2, 0.25) is 5.82 Å². The molecule has 0 unspecified atom stereocenters. The van der Waals surface area contributed by atoms with Gasteiger partial charge >= 0.3 is 0 Å². The molecule has 0 radical (unpaired) electrons. The number of amidine groups is 1. The van der Waals surface area contributed by atoms with Gasteiger partial charge in [-0.05, 0) is 18.6 Å². The van der Waals surface area contributed by atoms with E-state index < -0.39 is 17.0 Å². The van der Waals surface area contributed by atoms with Crippen LogP contribution in [0.5, 0.6) is 5.75 Å². The summed E-state index contributed by atoms with van der Waals surface area (Å²) in [6.07, 6.45) is 0.385. The molecule has 1 aromatic rings. The number of halogens is 3. The molecule has 7 heteroatoms. The number of nitrogens with two attached hydrogens (primary N) is 1. The van der Waals surface area contributed by atoms with Gasteiger partial charge in [0.25, 0.3) is 0 Å². The second-order valence-electron chi connectivity index (χ2n) is 4.67. The summed E-state index contributed by atoms with van der Waals surface area (Å²) < 4.78 is 32.1. The fourth-order valence-corrected chi connectivity index (χ4v) is 1.73. The summed E-state index contributed by atoms with van der Waals surface area (Å²) in [6, 6.07) is 2.36. The second kappa shape index (κ2) is 6.18. The molecule has 3 N–H and O–H groups in total. The second-order valence-corrected chi connectivity index (χ2v) is 5.58. The molecule has 1 rings (SSSR count). The molecule has 0 aliphatic rings. The van der Waals surface area contributed by atoms with E-state index in [0.29, 0.717) is 10.9 Å². The number of benzene rings is 1. The van der Waals surface area contributed by atoms with E-state index in [2.05, 4.69) is 21.1 Å². The van der Waals surface area contributed by atoms with Crippen LogP contribution in [0.15, 0.2) is 21.8 Å². The van der Waals surface area contributed by atoms with E-state index in [1.165, 1.54) is 6.07 Å². The van der Waals surface area contributed by atoms with Crippen molar-refractivity contribution in [2.45, 2.75) is 20.3 Å². The van der Waals surface area contributed by atoms with E-state index >= 15 is 0 Å². The first-order chi connectivity index (χ1) is 8.77. The maximum Gasteiger partial charge on any atom is 0.200 e. The third-order valence-electron chi connectivity index (χ3n) is 2.75. The Morgan fingerprint density at radius 1 is 1.47 bits per heavy atom. The molecule has 0 aliphatic heterocycles. The van der Waals surface area contributed by atoms with Crippen LogP contribution in [0.1, 0.15) is 20.3 Å². The molecule has 0 bridgehead atoms. The lowest BCUT2D eigenvalue weighted by Crippen LogP contribution is -2.33. The molecule has 106 valence electrons. The number of hydrogen-bond donors (Lipinski definition) is 2. The first-order valence-electron chi connectivity index (χ1n) is 5.53. The smallest absolute Gasteiger partial charge is 0.200 e. The van der Waals surface area contributed by atoms with E-state index in [1.54, 1.807) is 13.8 Å². The van der Waals surface area contributed by atoms with Crippen LogP contribution in [0.25, 0.3) is 0 Å². The van der Waals surface area contributed by atoms with Crippen molar-refractivity contribution >= 4 is 21.8 Å². The van der Waals surface area contributed by atoms with Crippen LogP contribution in [0, 0.1) is 17.0 Å². The Hall–Kier alpha value is -1.37. The fourth-order valence-electron chi connectivity index (χ4n) is 1.32. The monoisotopic (exact) mass is 336 g/mol. The van der Waals surface area contributed by atoms with Gasteiger partial charge in [0, 0.05) is 9.89 Å². The lowest BCUT2D eigenvalue weighted by molar-refractivity contribution is 0.248. The molecule has 19 heavy (non-hydrogen) atoms. The Morgan fingerprint density at radius 3 is 2.68 bits per heavy atom. The normalized spacial score (nSPS) is 12.6. The summed E-state index contributed by atoms with van der Waals surface area (Å²) in [4.78, 5) is 0. The number of nitrogens with zero attached hydrogens (tertiary/aromatic N) is 1. The minimum atomic E-state index is -1.04. The van der Waals surface area contributed by atoms with E-state index in [0.717, 1.165) is 6.07 Å². The maximum absolute atomic E-state index is 13.4. The van der Waals surface area contributed by atoms with Gasteiger partial charge in [-0.1, -0.05) is 34.9 Å². The third kappa shape index (κ3) is 4.05. The summed E-state index contributed by atoms with van der Waals surface area (Å²) in [5, 5.41) is 11.5. The fraction of sp³-hybridized carbons (Fsp3) is 0.417. The van der Waals surface area contributed by atoms with Crippen LogP contribution in [0.3, 0.4) is 0 Å². The van der Waals surface area contributed by atoms with Crippen LogP contribution in [0.4, 0.5) is 8.78 Å². The highest BCUT2D eigenvalue weighted by atomic mass is 79.9. The number of hydrogen-bond acceptors (Lipinski definition) is 3. The number of oxime groups is 1. The standard InChI is InChI=1S/C12H15BrF2N2O2/c1-12(2,11(16)17-18)3-4-19-9-6-7(13)5-8(14)10(9)15/h5-6,18H,3-4H2,1-2H3,(H2,16,17). The minimum absolute atomic E-state index is 0.0528. The van der Waals surface area contributed by atoms with E-state index in [4.69, 9.17) is 15.7 Å². The summed E-state index contributed by atoms with van der Waals surface area (Å²) in [5.74, 6) is -2.15. The van der Waals surface area contributed by atoms with Crippen molar-refractivity contribution in [3.8, 4) is 5.75 Å². The van der Waals surface area contributed by atoms with E-state index in [1.807, 2.05) is 0 Å². The van der Waals surface area contributed by atoms with Crippen molar-refractivity contribution in [1.29, 1.82) is 0 Å². The van der Waals surface area contributed by atoms with Crippen molar-refractivity contribution in [1.82, 2.24) is 0 Å². The average Bonchev–Trinajstić information content (AvgIpc) is 2.33. The largest absolute Gasteiger partial charge is 0.490 e. The highest BCUT2D eigenvalue weighted by Crippen LogP contribution is 2.27. The first kappa shape index (κ1) is 15.7. The SMILES string of the molecule is CC(C)(CCOc1cc(Br)cc(F)c1F)/C(N)=N/O. The first-order valence-corrected chi connectivity index (χ1v) is 6.32. The van der Waals surface area contributed by atoms with Gasteiger partial charge in [-0.3, -0.25) is 0 Å². The predicted molar refractivity (Wildman–Crippen MR) is 71.4 cm³/mol. The zero-order valence-electron chi connectivity index (χ0n) is 10.6. The zero-order chi connectivity index (χ0) is 14.6. The van der Waals surface area contributed by atoms with Crippen molar-refractivity contribution in [3.05, 3.63) is 28.2 Å². The quantitative estimate of drug-likeness (QED) is 0.285. The lowest BCUT2D eigenvalue weighted by atomic mass is 9.88. The third-order valence-corrected chi connectivity index (χ3v) is 3.20. The van der Waals surface area contributed by atoms with Crippen molar-refractivity contribution in [3.63, 3.8) is 0 Å². The molecule has 4 nitrogen and oxygen atoms in total. The summed E-state index contributed by atoms with van der Waals surface area (Å²) in [5.41, 5.74) is 4.91. The molecule has 1 aromatic carbocycles. The highest BCUT2D eigenvalue weighted by Gasteiger charge is 2.24. The summed E-state index contributed by atoms with van der Waals surface area (Å²) in [7, 11) is 0. The zero-order valence-corrected chi connectivity index (χ0v) is 12.2. The average molecular weight is 337 g/mol. The molecule has 0 saturated heterocycles. The Bertz CT molecular complexity index is 493. The van der Waals surface area contributed by atoms with Gasteiger partial charge in [-0.2, -0.15) is 4.39 Å². The predicted octanol–water partition coefficient (Wildman–Crippen LogP) is 3.27. The summed E-state index contributed by atoms with van der Waals surface area (Å²) >= 11 is 3.05. The van der Waals surface area contributed by atoms with E-state index in [-0.39, 0.29) is 18.2 Å². The molecule has 0 saturated carbocycles. The molecule has 0 aromatic heterocycles. The molecule has 0 spiro atoms. The molecular weight excluding hydrogens is 322 g/mol. The van der Waals surface area contributed by atoms with Gasteiger partial charge in [0.05, 0.1) is 6.61 Å². The molecular formula is C12H15BrF2N2O2. The lowest BCUT2D eigenvalue weighted by Gasteiger charge is -2.22. The topological polar surface area (TPSA) is 67.8 Å². The Morgan fingerprint density at radius 2 is 2.11 bits per heavy atom. The van der Waals surface area contributed by atoms with Crippen molar-refractivity contribution in [2.75, 3.05) is 6.61 Å². The van der Waals surface area contributed by atoms with Gasteiger partial charge in [-0.25, -0.2) is 4.39 Å². The molecule has 0 amide bonds. The van der Waals surface area contributed by atoms with Gasteiger partial charge < -0.3 is 15.7 Å². The maximum atomic E-state index is 13.4. The number of rotatable bonds is 5. The van der Waals surface area contributed by atoms with Crippen LogP contribution >= 0.6 is 15.9 Å². The van der Waals surface area contributed by atoms with E-state index in [9.17, 15) is 8.78 Å². The van der Waals surface area contributed by atoms with Crippen LogP contribution in [-0.2, 0) is 0 Å². The Balaban J connectivity index is 2.69. The number of ether oxygens (including phenoxy) is 1. The Kier molecular flexibility index (Phi) is 5.11. The van der Waals surface area contributed by atoms with Crippen LogP contribution in [0.2, 0.25) is 0 Å². The highest BCUT2D eigenvalue weighted by molar-refractivity contribution is 9.10. The van der Waals surface area contributed by atoms with Crippen LogP contribution < -0.4 is 10.5 Å². The van der Waals surface area contributed by atoms with Crippen molar-refractivity contribution in [2.24, 2.45) is 16.3 Å². The van der Waals surface area contributed by atoms with Crippen molar-refractivity contribution < 1.29 is 18.7 Å². The van der Waals surface area contributed by atoms with Gasteiger partial charge in [0.1, 0.15) is 5.84 Å². The van der Waals surface area contributed by atoms with Gasteiger partial charge in [0.15, 0.2) is 11.6 Å². The van der Waals surface area contributed by atoms with Crippen LogP contribution in [-0.4, -0.2) is 17.6 Å². The molecule has 0 aliphatic carbocycles. The Labute approximate surface area is 118 Å². The van der Waals surface area contributed by atoms with Gasteiger partial charge in [-0.15, -0.1) is 0 Å².